The number of nitrogens with zero attached hydrogens (tertiary/aromatic N) is 7. The van der Waals surface area contributed by atoms with Crippen molar-refractivity contribution >= 4 is 34.7 Å². The van der Waals surface area contributed by atoms with Gasteiger partial charge < -0.3 is 20.9 Å². The zero-order chi connectivity index (χ0) is 24.3. The highest BCUT2D eigenvalue weighted by Gasteiger charge is 2.55. The van der Waals surface area contributed by atoms with Crippen LogP contribution in [0.15, 0.2) is 24.3 Å². The zero-order valence-corrected chi connectivity index (χ0v) is 19.2. The van der Waals surface area contributed by atoms with Gasteiger partial charge in [-0.05, 0) is 37.8 Å². The molecule has 2 saturated carbocycles. The summed E-state index contributed by atoms with van der Waals surface area (Å²) in [6, 6.07) is 9.33. The van der Waals surface area contributed by atoms with Crippen molar-refractivity contribution in [2.75, 3.05) is 29.6 Å². The van der Waals surface area contributed by atoms with Gasteiger partial charge in [-0.15, -0.1) is 15.3 Å². The maximum atomic E-state index is 12.5. The summed E-state index contributed by atoms with van der Waals surface area (Å²) in [6.45, 7) is 0. The minimum absolute atomic E-state index is 0.00604. The molecule has 2 fully saturated rings. The van der Waals surface area contributed by atoms with Crippen LogP contribution in [0.4, 0.5) is 22.9 Å². The molecule has 2 aromatic heterocycles. The number of hydrogen-bond acceptors (Lipinski definition) is 9. The summed E-state index contributed by atoms with van der Waals surface area (Å²) >= 11 is 0. The van der Waals surface area contributed by atoms with Crippen LogP contribution in [0, 0.1) is 17.2 Å². The predicted octanol–water partition coefficient (Wildman–Crippen LogP) is 1.82. The van der Waals surface area contributed by atoms with Gasteiger partial charge in [-0.2, -0.15) is 10.2 Å². The quantitative estimate of drug-likeness (QED) is 0.506. The van der Waals surface area contributed by atoms with Crippen molar-refractivity contribution in [1.82, 2.24) is 30.3 Å². The van der Waals surface area contributed by atoms with Gasteiger partial charge in [-0.1, -0.05) is 6.07 Å². The molecule has 1 spiro atoms. The van der Waals surface area contributed by atoms with Crippen LogP contribution in [0.25, 0.3) is 5.69 Å². The number of carbonyl (C=O) groups excluding carboxylic acids is 2. The summed E-state index contributed by atoms with van der Waals surface area (Å²) in [4.78, 5) is 31.4. The second kappa shape index (κ2) is 7.49. The van der Waals surface area contributed by atoms with Crippen LogP contribution in [0.3, 0.4) is 0 Å². The maximum Gasteiger partial charge on any atom is 0.273 e. The number of aromatic nitrogens is 5. The molecule has 3 aromatic rings. The fraction of sp³-hybridized carbons (Fsp3) is 0.348. The molecular formula is C23H22N10O2. The molecule has 0 bridgehead atoms. The third kappa shape index (κ3) is 3.27. The maximum absolute atomic E-state index is 12.5. The Bertz CT molecular complexity index is 1430. The van der Waals surface area contributed by atoms with Gasteiger partial charge in [-0.25, -0.2) is 4.68 Å². The van der Waals surface area contributed by atoms with Crippen molar-refractivity contribution in [3.05, 3.63) is 41.6 Å². The number of amides is 2. The molecule has 0 radical (unpaired) electrons. The highest BCUT2D eigenvalue weighted by molar-refractivity contribution is 6.00. The highest BCUT2D eigenvalue weighted by atomic mass is 16.2. The van der Waals surface area contributed by atoms with E-state index in [1.54, 1.807) is 10.7 Å². The van der Waals surface area contributed by atoms with E-state index < -0.39 is 5.91 Å². The van der Waals surface area contributed by atoms with Gasteiger partial charge >= 0.3 is 0 Å². The summed E-state index contributed by atoms with van der Waals surface area (Å²) in [5.74, 6) is 0.647. The summed E-state index contributed by atoms with van der Waals surface area (Å²) in [5.41, 5.74) is 2.51. The largest absolute Gasteiger partial charge is 0.358 e. The number of para-hydroxylation sites is 1. The van der Waals surface area contributed by atoms with Crippen LogP contribution in [0.1, 0.15) is 47.8 Å². The summed E-state index contributed by atoms with van der Waals surface area (Å²) in [5, 5.41) is 30.6. The van der Waals surface area contributed by atoms with Gasteiger partial charge in [0.05, 0.1) is 22.7 Å². The lowest BCUT2D eigenvalue weighted by molar-refractivity contribution is -0.117. The summed E-state index contributed by atoms with van der Waals surface area (Å²) in [6.07, 6.45) is 3.50. The molecule has 35 heavy (non-hydrogen) atoms. The molecule has 6 rings (SSSR count). The van der Waals surface area contributed by atoms with E-state index >= 15 is 0 Å². The number of nitrogens with one attached hydrogen (secondary N) is 3. The van der Waals surface area contributed by atoms with Crippen LogP contribution >= 0.6 is 0 Å². The molecule has 2 aliphatic carbocycles. The Kier molecular flexibility index (Phi) is 4.50. The molecule has 3 heterocycles. The molecule has 0 unspecified atom stereocenters. The number of carbonyl (C=O) groups is 2. The smallest absolute Gasteiger partial charge is 0.273 e. The normalized spacial score (nSPS) is 16.7. The second-order valence-corrected chi connectivity index (χ2v) is 9.01. The molecular weight excluding hydrogens is 448 g/mol. The first-order valence-electron chi connectivity index (χ1n) is 11.4. The average molecular weight is 470 g/mol. The minimum Gasteiger partial charge on any atom is -0.358 e. The van der Waals surface area contributed by atoms with Crippen LogP contribution in [-0.4, -0.2) is 50.9 Å². The van der Waals surface area contributed by atoms with Gasteiger partial charge in [0.2, 0.25) is 5.91 Å². The third-order valence-corrected chi connectivity index (χ3v) is 6.77. The molecule has 3 N–H and O–H groups in total. The van der Waals surface area contributed by atoms with Crippen molar-refractivity contribution in [3.8, 4) is 11.8 Å². The van der Waals surface area contributed by atoms with E-state index in [9.17, 15) is 14.9 Å². The lowest BCUT2D eigenvalue weighted by Gasteiger charge is -2.37. The van der Waals surface area contributed by atoms with E-state index in [1.165, 1.54) is 7.05 Å². The molecule has 12 nitrogen and oxygen atoms in total. The third-order valence-electron chi connectivity index (χ3n) is 6.77. The Morgan fingerprint density at radius 2 is 2.00 bits per heavy atom. The summed E-state index contributed by atoms with van der Waals surface area (Å²) < 4.78 is 1.73. The molecule has 1 aromatic carbocycles. The van der Waals surface area contributed by atoms with Crippen LogP contribution in [0.5, 0.6) is 0 Å². The van der Waals surface area contributed by atoms with Crippen molar-refractivity contribution < 1.29 is 9.59 Å². The standard InChI is InChI=1S/C23H22N10O2/c1-25-21(35)18-14(10-16(29-30-18)27-20(34)12-6-7-12)26-13-4-3-5-15-19(13)32(2)23(8-9-23)22-28-17(11-24)31-33(15)22/h3-5,10,12H,6-9H2,1-2H3,(H,25,35)(H2,26,27,29,34). The molecule has 3 aliphatic rings. The van der Waals surface area contributed by atoms with Crippen molar-refractivity contribution in [2.45, 2.75) is 31.2 Å². The minimum atomic E-state index is -0.408. The highest BCUT2D eigenvalue weighted by Crippen LogP contribution is 2.57. The molecule has 1 aliphatic heterocycles. The first-order chi connectivity index (χ1) is 16.9. The molecule has 0 atom stereocenters. The van der Waals surface area contributed by atoms with E-state index in [0.29, 0.717) is 11.4 Å². The number of hydrogen-bond donors (Lipinski definition) is 3. The Labute approximate surface area is 200 Å². The van der Waals surface area contributed by atoms with Gasteiger partial charge in [0.15, 0.2) is 17.3 Å². The SMILES string of the molecule is CNC(=O)c1nnc(NC(=O)C2CC2)cc1Nc1cccc2c1N(C)C1(CC1)c1nc(C#N)nn1-2. The topological polar surface area (TPSA) is 154 Å². The number of nitriles is 1. The first kappa shape index (κ1) is 21.0. The monoisotopic (exact) mass is 470 g/mol. The van der Waals surface area contributed by atoms with Crippen molar-refractivity contribution in [3.63, 3.8) is 0 Å². The average Bonchev–Trinajstić information content (AvgIpc) is 3.80. The van der Waals surface area contributed by atoms with E-state index in [4.69, 9.17) is 0 Å². The van der Waals surface area contributed by atoms with E-state index in [0.717, 1.165) is 42.9 Å². The first-order valence-corrected chi connectivity index (χ1v) is 11.4. The Balaban J connectivity index is 1.44. The second-order valence-electron chi connectivity index (χ2n) is 9.01. The van der Waals surface area contributed by atoms with E-state index in [-0.39, 0.29) is 34.7 Å². The van der Waals surface area contributed by atoms with Crippen molar-refractivity contribution in [2.24, 2.45) is 5.92 Å². The number of anilines is 4. The molecule has 0 saturated heterocycles. The lowest BCUT2D eigenvalue weighted by Crippen LogP contribution is -2.39. The Morgan fingerprint density at radius 3 is 2.69 bits per heavy atom. The number of benzene rings is 1. The number of rotatable bonds is 5. The fourth-order valence-corrected chi connectivity index (χ4v) is 4.58. The van der Waals surface area contributed by atoms with Crippen LogP contribution < -0.4 is 20.9 Å². The zero-order valence-electron chi connectivity index (χ0n) is 19.2. The van der Waals surface area contributed by atoms with Crippen LogP contribution in [-0.2, 0) is 10.3 Å². The molecule has 12 heteroatoms. The fourth-order valence-electron chi connectivity index (χ4n) is 4.58. The Morgan fingerprint density at radius 1 is 1.20 bits per heavy atom. The Hall–Kier alpha value is -4.53. The molecule has 2 amide bonds. The van der Waals surface area contributed by atoms with Gasteiger partial charge in [0, 0.05) is 26.1 Å². The predicted molar refractivity (Wildman–Crippen MR) is 125 cm³/mol. The lowest BCUT2D eigenvalue weighted by atomic mass is 10.1. The van der Waals surface area contributed by atoms with E-state index in [2.05, 4.69) is 41.1 Å². The molecule has 176 valence electrons. The van der Waals surface area contributed by atoms with Gasteiger partial charge in [-0.3, -0.25) is 9.59 Å². The van der Waals surface area contributed by atoms with E-state index in [1.807, 2.05) is 31.3 Å². The number of fused-ring (bicyclic) bond motifs is 4. The van der Waals surface area contributed by atoms with Gasteiger partial charge in [0.1, 0.15) is 11.6 Å². The van der Waals surface area contributed by atoms with Crippen LogP contribution in [0.2, 0.25) is 0 Å². The van der Waals surface area contributed by atoms with Crippen molar-refractivity contribution in [1.29, 1.82) is 5.26 Å². The summed E-state index contributed by atoms with van der Waals surface area (Å²) in [7, 11) is 3.51. The van der Waals surface area contributed by atoms with Gasteiger partial charge in [0.25, 0.3) is 11.7 Å².